The molecular weight excluding hydrogens is 246 g/mol. The number of benzene rings is 2. The SMILES string of the molecule is Cc1ccccc1C(NN)c1c(F)ccc(C)c1F. The van der Waals surface area contributed by atoms with Gasteiger partial charge >= 0.3 is 0 Å². The lowest BCUT2D eigenvalue weighted by atomic mass is 9.93. The molecule has 0 saturated heterocycles. The Hall–Kier alpha value is -1.78. The van der Waals surface area contributed by atoms with Gasteiger partial charge in [-0.2, -0.15) is 0 Å². The van der Waals surface area contributed by atoms with Crippen molar-refractivity contribution in [3.8, 4) is 0 Å². The van der Waals surface area contributed by atoms with E-state index < -0.39 is 17.7 Å². The minimum Gasteiger partial charge on any atom is -0.271 e. The third-order valence-corrected chi connectivity index (χ3v) is 3.27. The molecule has 0 saturated carbocycles. The first-order chi connectivity index (χ1) is 9.06. The highest BCUT2D eigenvalue weighted by Crippen LogP contribution is 2.29. The number of aryl methyl sites for hydroxylation is 2. The predicted octanol–water partition coefficient (Wildman–Crippen LogP) is 3.13. The highest BCUT2D eigenvalue weighted by molar-refractivity contribution is 5.39. The second-order valence-electron chi connectivity index (χ2n) is 4.55. The van der Waals surface area contributed by atoms with Gasteiger partial charge in [0.05, 0.1) is 6.04 Å². The highest BCUT2D eigenvalue weighted by Gasteiger charge is 2.23. The summed E-state index contributed by atoms with van der Waals surface area (Å²) in [6, 6.07) is 9.34. The molecule has 1 unspecified atom stereocenters. The second kappa shape index (κ2) is 5.47. The van der Waals surface area contributed by atoms with Gasteiger partial charge in [-0.15, -0.1) is 0 Å². The molecule has 1 atom stereocenters. The van der Waals surface area contributed by atoms with Crippen LogP contribution in [0, 0.1) is 25.5 Å². The molecule has 0 aromatic heterocycles. The van der Waals surface area contributed by atoms with Gasteiger partial charge in [0.1, 0.15) is 11.6 Å². The zero-order valence-electron chi connectivity index (χ0n) is 10.9. The van der Waals surface area contributed by atoms with E-state index in [1.54, 1.807) is 13.0 Å². The minimum absolute atomic E-state index is 0.0446. The van der Waals surface area contributed by atoms with Crippen LogP contribution in [-0.4, -0.2) is 0 Å². The Kier molecular flexibility index (Phi) is 3.93. The zero-order valence-corrected chi connectivity index (χ0v) is 10.9. The first-order valence-electron chi connectivity index (χ1n) is 6.02. The lowest BCUT2D eigenvalue weighted by Gasteiger charge is -2.20. The van der Waals surface area contributed by atoms with E-state index in [4.69, 9.17) is 5.84 Å². The molecule has 2 aromatic carbocycles. The number of hydrogen-bond donors (Lipinski definition) is 2. The molecule has 2 aromatic rings. The maximum atomic E-state index is 14.2. The summed E-state index contributed by atoms with van der Waals surface area (Å²) in [7, 11) is 0. The summed E-state index contributed by atoms with van der Waals surface area (Å²) in [4.78, 5) is 0. The molecule has 0 bridgehead atoms. The largest absolute Gasteiger partial charge is 0.271 e. The number of halogens is 2. The van der Waals surface area contributed by atoms with Gasteiger partial charge in [-0.05, 0) is 36.6 Å². The van der Waals surface area contributed by atoms with E-state index in [1.165, 1.54) is 12.1 Å². The van der Waals surface area contributed by atoms with Crippen molar-refractivity contribution in [3.05, 3.63) is 70.3 Å². The van der Waals surface area contributed by atoms with E-state index in [1.807, 2.05) is 25.1 Å². The number of hydrogen-bond acceptors (Lipinski definition) is 2. The van der Waals surface area contributed by atoms with Crippen LogP contribution in [0.5, 0.6) is 0 Å². The highest BCUT2D eigenvalue weighted by atomic mass is 19.1. The van der Waals surface area contributed by atoms with Crippen molar-refractivity contribution in [2.75, 3.05) is 0 Å². The van der Waals surface area contributed by atoms with Gasteiger partial charge in [-0.1, -0.05) is 30.3 Å². The Balaban J connectivity index is 2.61. The summed E-state index contributed by atoms with van der Waals surface area (Å²) in [6.45, 7) is 3.48. The van der Waals surface area contributed by atoms with Crippen LogP contribution >= 0.6 is 0 Å². The Labute approximate surface area is 111 Å². The molecule has 2 rings (SSSR count). The molecule has 4 heteroatoms. The number of rotatable bonds is 3. The molecule has 0 aliphatic carbocycles. The van der Waals surface area contributed by atoms with Crippen LogP contribution in [0.1, 0.15) is 28.3 Å². The first kappa shape index (κ1) is 13.6. The third-order valence-electron chi connectivity index (χ3n) is 3.27. The Morgan fingerprint density at radius 1 is 1.00 bits per heavy atom. The molecule has 100 valence electrons. The fraction of sp³-hybridized carbons (Fsp3) is 0.200. The molecule has 0 aliphatic heterocycles. The molecule has 0 amide bonds. The van der Waals surface area contributed by atoms with Crippen LogP contribution in [0.25, 0.3) is 0 Å². The van der Waals surface area contributed by atoms with Crippen molar-refractivity contribution < 1.29 is 8.78 Å². The van der Waals surface area contributed by atoms with Crippen LogP contribution in [0.4, 0.5) is 8.78 Å². The fourth-order valence-electron chi connectivity index (χ4n) is 2.18. The summed E-state index contributed by atoms with van der Waals surface area (Å²) in [5, 5.41) is 0. The average Bonchev–Trinajstić information content (AvgIpc) is 2.40. The molecule has 0 aliphatic rings. The topological polar surface area (TPSA) is 38.0 Å². The maximum Gasteiger partial charge on any atom is 0.134 e. The first-order valence-corrected chi connectivity index (χ1v) is 6.02. The number of hydrazine groups is 1. The number of nitrogens with one attached hydrogen (secondary N) is 1. The van der Waals surface area contributed by atoms with Gasteiger partial charge in [-0.25, -0.2) is 14.2 Å². The van der Waals surface area contributed by atoms with E-state index >= 15 is 0 Å². The van der Waals surface area contributed by atoms with E-state index in [0.29, 0.717) is 5.56 Å². The van der Waals surface area contributed by atoms with E-state index in [9.17, 15) is 8.78 Å². The molecule has 0 fully saturated rings. The van der Waals surface area contributed by atoms with Gasteiger partial charge < -0.3 is 0 Å². The quantitative estimate of drug-likeness (QED) is 0.658. The maximum absolute atomic E-state index is 14.2. The normalized spacial score (nSPS) is 12.5. The molecule has 0 heterocycles. The van der Waals surface area contributed by atoms with Gasteiger partial charge in [0, 0.05) is 5.56 Å². The summed E-state index contributed by atoms with van der Waals surface area (Å²) >= 11 is 0. The minimum atomic E-state index is -0.707. The van der Waals surface area contributed by atoms with E-state index in [2.05, 4.69) is 5.43 Å². The summed E-state index contributed by atoms with van der Waals surface area (Å²) in [6.07, 6.45) is 0. The van der Waals surface area contributed by atoms with E-state index in [-0.39, 0.29) is 5.56 Å². The lowest BCUT2D eigenvalue weighted by Crippen LogP contribution is -2.31. The van der Waals surface area contributed by atoms with Crippen LogP contribution in [-0.2, 0) is 0 Å². The van der Waals surface area contributed by atoms with Gasteiger partial charge in [-0.3, -0.25) is 5.84 Å². The monoisotopic (exact) mass is 262 g/mol. The van der Waals surface area contributed by atoms with E-state index in [0.717, 1.165) is 11.1 Å². The number of nitrogens with two attached hydrogens (primary N) is 1. The van der Waals surface area contributed by atoms with Crippen molar-refractivity contribution >= 4 is 0 Å². The van der Waals surface area contributed by atoms with Crippen LogP contribution < -0.4 is 11.3 Å². The summed E-state index contributed by atoms with van der Waals surface area (Å²) < 4.78 is 28.1. The second-order valence-corrected chi connectivity index (χ2v) is 4.55. The Morgan fingerprint density at radius 3 is 2.32 bits per heavy atom. The molecule has 3 N–H and O–H groups in total. The van der Waals surface area contributed by atoms with Crippen molar-refractivity contribution in [2.24, 2.45) is 5.84 Å². The average molecular weight is 262 g/mol. The Morgan fingerprint density at radius 2 is 1.68 bits per heavy atom. The van der Waals surface area contributed by atoms with Crippen molar-refractivity contribution in [1.82, 2.24) is 5.43 Å². The van der Waals surface area contributed by atoms with Crippen molar-refractivity contribution in [3.63, 3.8) is 0 Å². The molecule has 0 radical (unpaired) electrons. The van der Waals surface area contributed by atoms with Gasteiger partial charge in [0.2, 0.25) is 0 Å². The van der Waals surface area contributed by atoms with Crippen LogP contribution in [0.3, 0.4) is 0 Å². The molecular formula is C15H16F2N2. The molecule has 0 spiro atoms. The molecule has 2 nitrogen and oxygen atoms in total. The summed E-state index contributed by atoms with van der Waals surface area (Å²) in [5.41, 5.74) is 4.53. The lowest BCUT2D eigenvalue weighted by molar-refractivity contribution is 0.506. The van der Waals surface area contributed by atoms with Crippen LogP contribution in [0.15, 0.2) is 36.4 Å². The van der Waals surface area contributed by atoms with Gasteiger partial charge in [0.15, 0.2) is 0 Å². The summed E-state index contributed by atoms with van der Waals surface area (Å²) in [5.74, 6) is 4.34. The predicted molar refractivity (Wildman–Crippen MR) is 71.4 cm³/mol. The Bertz CT molecular complexity index is 597. The zero-order chi connectivity index (χ0) is 14.0. The third kappa shape index (κ3) is 2.50. The molecule has 19 heavy (non-hydrogen) atoms. The van der Waals surface area contributed by atoms with Crippen molar-refractivity contribution in [1.29, 1.82) is 0 Å². The standard InChI is InChI=1S/C15H16F2N2/c1-9-5-3-4-6-11(9)15(19-18)13-12(16)8-7-10(2)14(13)17/h3-8,15,19H,18H2,1-2H3. The van der Waals surface area contributed by atoms with Gasteiger partial charge in [0.25, 0.3) is 0 Å². The smallest absolute Gasteiger partial charge is 0.134 e. The fourth-order valence-corrected chi connectivity index (χ4v) is 2.18. The van der Waals surface area contributed by atoms with Crippen molar-refractivity contribution in [2.45, 2.75) is 19.9 Å². The van der Waals surface area contributed by atoms with Crippen LogP contribution in [0.2, 0.25) is 0 Å².